The topological polar surface area (TPSA) is 66.5 Å². The van der Waals surface area contributed by atoms with Crippen LogP contribution in [0.1, 0.15) is 35.2 Å². The fraction of sp³-hybridized carbons (Fsp3) is 0.350. The van der Waals surface area contributed by atoms with Crippen LogP contribution in [0.4, 0.5) is 18.9 Å². The van der Waals surface area contributed by atoms with Gasteiger partial charge in [-0.15, -0.1) is 0 Å². The van der Waals surface area contributed by atoms with Gasteiger partial charge in [0.15, 0.2) is 0 Å². The molecule has 1 N–H and O–H groups in total. The zero-order valence-corrected chi connectivity index (χ0v) is 17.4. The number of amides is 1. The Kier molecular flexibility index (Phi) is 6.62. The van der Waals surface area contributed by atoms with E-state index in [0.29, 0.717) is 10.4 Å². The van der Waals surface area contributed by atoms with E-state index >= 15 is 0 Å². The molecule has 29 heavy (non-hydrogen) atoms. The number of hydrogen-bond acceptors (Lipinski definition) is 3. The first-order chi connectivity index (χ1) is 13.3. The van der Waals surface area contributed by atoms with E-state index in [-0.39, 0.29) is 5.69 Å². The summed E-state index contributed by atoms with van der Waals surface area (Å²) in [5, 5.41) is 2.71. The number of nitrogens with zero attached hydrogens (tertiary/aromatic N) is 1. The molecule has 158 valence electrons. The first-order valence-electron chi connectivity index (χ1n) is 8.80. The minimum absolute atomic E-state index is 0.225. The summed E-state index contributed by atoms with van der Waals surface area (Å²) >= 11 is 0. The fourth-order valence-corrected chi connectivity index (χ4v) is 3.81. The minimum atomic E-state index is -4.63. The van der Waals surface area contributed by atoms with Crippen molar-refractivity contribution in [2.24, 2.45) is 0 Å². The zero-order valence-electron chi connectivity index (χ0n) is 16.5. The van der Waals surface area contributed by atoms with E-state index in [1.165, 1.54) is 6.07 Å². The molecule has 0 heterocycles. The van der Waals surface area contributed by atoms with E-state index < -0.39 is 40.3 Å². The van der Waals surface area contributed by atoms with Crippen molar-refractivity contribution in [3.05, 3.63) is 64.7 Å². The highest BCUT2D eigenvalue weighted by Crippen LogP contribution is 2.32. The second-order valence-electron chi connectivity index (χ2n) is 6.97. The van der Waals surface area contributed by atoms with Gasteiger partial charge in [-0.05, 0) is 50.1 Å². The van der Waals surface area contributed by atoms with Crippen LogP contribution in [0.15, 0.2) is 42.5 Å². The molecule has 0 spiro atoms. The smallest absolute Gasteiger partial charge is 0.348 e. The highest BCUT2D eigenvalue weighted by Gasteiger charge is 2.32. The first kappa shape index (κ1) is 22.7. The molecule has 0 aliphatic rings. The summed E-state index contributed by atoms with van der Waals surface area (Å²) in [4.78, 5) is 12.5. The molecular weight excluding hydrogens is 405 g/mol. The van der Waals surface area contributed by atoms with Crippen molar-refractivity contribution in [3.8, 4) is 0 Å². The van der Waals surface area contributed by atoms with Gasteiger partial charge in [0.25, 0.3) is 0 Å². The average molecular weight is 428 g/mol. The van der Waals surface area contributed by atoms with E-state index in [9.17, 15) is 26.4 Å². The molecule has 0 saturated heterocycles. The Hall–Kier alpha value is -2.55. The molecule has 0 aliphatic heterocycles. The Labute approximate surface area is 168 Å². The normalized spacial score (nSPS) is 13.1. The lowest BCUT2D eigenvalue weighted by Gasteiger charge is -2.24. The molecule has 2 aromatic carbocycles. The number of anilines is 1. The van der Waals surface area contributed by atoms with Crippen molar-refractivity contribution < 1.29 is 26.4 Å². The van der Waals surface area contributed by atoms with E-state index in [2.05, 4.69) is 5.32 Å². The van der Waals surface area contributed by atoms with Crippen molar-refractivity contribution in [2.75, 3.05) is 17.1 Å². The number of aryl methyl sites for hydroxylation is 2. The van der Waals surface area contributed by atoms with Crippen molar-refractivity contribution in [1.29, 1.82) is 0 Å². The number of hydrogen-bond donors (Lipinski definition) is 1. The van der Waals surface area contributed by atoms with E-state index in [1.807, 2.05) is 32.0 Å². The predicted molar refractivity (Wildman–Crippen MR) is 106 cm³/mol. The summed E-state index contributed by atoms with van der Waals surface area (Å²) in [6, 6.07) is 9.25. The first-order valence-corrected chi connectivity index (χ1v) is 10.7. The van der Waals surface area contributed by atoms with E-state index in [1.54, 1.807) is 6.92 Å². The molecule has 0 bridgehead atoms. The van der Waals surface area contributed by atoms with Crippen LogP contribution >= 0.6 is 0 Å². The summed E-state index contributed by atoms with van der Waals surface area (Å²) in [6.45, 7) is 4.93. The van der Waals surface area contributed by atoms with E-state index in [4.69, 9.17) is 0 Å². The van der Waals surface area contributed by atoms with Gasteiger partial charge in [0.1, 0.15) is 6.54 Å². The van der Waals surface area contributed by atoms with Gasteiger partial charge in [-0.2, -0.15) is 13.2 Å². The molecule has 1 amide bonds. The van der Waals surface area contributed by atoms with Gasteiger partial charge in [0.2, 0.25) is 15.9 Å². The third kappa shape index (κ3) is 5.96. The molecule has 1 atom stereocenters. The van der Waals surface area contributed by atoms with Gasteiger partial charge in [0.05, 0.1) is 23.5 Å². The highest BCUT2D eigenvalue weighted by molar-refractivity contribution is 7.92. The summed E-state index contributed by atoms with van der Waals surface area (Å²) < 4.78 is 63.9. The highest BCUT2D eigenvalue weighted by atomic mass is 32.2. The van der Waals surface area contributed by atoms with Gasteiger partial charge in [0, 0.05) is 0 Å². The lowest BCUT2D eigenvalue weighted by Crippen LogP contribution is -2.41. The van der Waals surface area contributed by atoms with Gasteiger partial charge in [-0.3, -0.25) is 9.10 Å². The molecule has 0 fully saturated rings. The van der Waals surface area contributed by atoms with Crippen LogP contribution in [-0.4, -0.2) is 27.1 Å². The number of alkyl halides is 3. The van der Waals surface area contributed by atoms with Crippen molar-refractivity contribution in [2.45, 2.75) is 33.0 Å². The van der Waals surface area contributed by atoms with Crippen molar-refractivity contribution in [1.82, 2.24) is 5.32 Å². The molecular formula is C20H23F3N2O3S. The number of halogens is 3. The molecule has 2 aromatic rings. The summed E-state index contributed by atoms with van der Waals surface area (Å²) in [6.07, 6.45) is -3.78. The summed E-state index contributed by atoms with van der Waals surface area (Å²) in [7, 11) is -3.99. The molecule has 0 radical (unpaired) electrons. The van der Waals surface area contributed by atoms with Crippen LogP contribution in [0.25, 0.3) is 0 Å². The SMILES string of the molecule is Cc1ccc(C)c([C@@H](C)NC(=O)CN(c2cccc(C(F)(F)F)c2)S(C)(=O)=O)c1. The number of nitrogens with one attached hydrogen (secondary N) is 1. The van der Waals surface area contributed by atoms with Crippen LogP contribution in [0.2, 0.25) is 0 Å². The van der Waals surface area contributed by atoms with Crippen LogP contribution in [0.5, 0.6) is 0 Å². The van der Waals surface area contributed by atoms with Crippen LogP contribution in [0, 0.1) is 13.8 Å². The molecule has 2 rings (SSSR count). The number of carbonyl (C=O) groups excluding carboxylic acids is 1. The summed E-state index contributed by atoms with van der Waals surface area (Å²) in [5.41, 5.74) is 1.63. The van der Waals surface area contributed by atoms with Crippen molar-refractivity contribution >= 4 is 21.6 Å². The fourth-order valence-electron chi connectivity index (χ4n) is 2.96. The lowest BCUT2D eigenvalue weighted by atomic mass is 10.00. The largest absolute Gasteiger partial charge is 0.416 e. The van der Waals surface area contributed by atoms with Gasteiger partial charge in [-0.25, -0.2) is 8.42 Å². The predicted octanol–water partition coefficient (Wildman–Crippen LogP) is 3.97. The quantitative estimate of drug-likeness (QED) is 0.757. The van der Waals surface area contributed by atoms with E-state index in [0.717, 1.165) is 35.1 Å². The minimum Gasteiger partial charge on any atom is -0.348 e. The van der Waals surface area contributed by atoms with Crippen LogP contribution in [0.3, 0.4) is 0 Å². The number of rotatable bonds is 6. The average Bonchev–Trinajstić information content (AvgIpc) is 2.60. The van der Waals surface area contributed by atoms with Gasteiger partial charge >= 0.3 is 6.18 Å². The number of sulfonamides is 1. The zero-order chi connectivity index (χ0) is 22.0. The standard InChI is InChI=1S/C20H23F3N2O3S/c1-13-8-9-14(2)18(10-13)15(3)24-19(26)12-25(29(4,27)28)17-7-5-6-16(11-17)20(21,22)23/h5-11,15H,12H2,1-4H3,(H,24,26)/t15-/m1/s1. The molecule has 0 unspecified atom stereocenters. The second-order valence-corrected chi connectivity index (χ2v) is 8.87. The monoisotopic (exact) mass is 428 g/mol. The van der Waals surface area contributed by atoms with Crippen molar-refractivity contribution in [3.63, 3.8) is 0 Å². The maximum absolute atomic E-state index is 13.0. The Morgan fingerprint density at radius 2 is 1.79 bits per heavy atom. The molecule has 9 heteroatoms. The Bertz CT molecular complexity index is 1000. The number of carbonyl (C=O) groups is 1. The summed E-state index contributed by atoms with van der Waals surface area (Å²) in [5.74, 6) is -0.624. The van der Waals surface area contributed by atoms with Gasteiger partial charge < -0.3 is 5.32 Å². The van der Waals surface area contributed by atoms with Crippen LogP contribution < -0.4 is 9.62 Å². The maximum atomic E-state index is 13.0. The molecule has 0 saturated carbocycles. The second kappa shape index (κ2) is 8.44. The molecule has 0 aliphatic carbocycles. The number of benzene rings is 2. The van der Waals surface area contributed by atoms with Gasteiger partial charge in [-0.1, -0.05) is 29.8 Å². The Balaban J connectivity index is 2.25. The third-order valence-corrected chi connectivity index (χ3v) is 5.57. The molecule has 5 nitrogen and oxygen atoms in total. The third-order valence-electron chi connectivity index (χ3n) is 4.43. The van der Waals surface area contributed by atoms with Crippen LogP contribution in [-0.2, 0) is 21.0 Å². The Morgan fingerprint density at radius 3 is 2.38 bits per heavy atom. The Morgan fingerprint density at radius 1 is 1.14 bits per heavy atom. The molecule has 0 aromatic heterocycles. The lowest BCUT2D eigenvalue weighted by molar-refractivity contribution is -0.137. The maximum Gasteiger partial charge on any atom is 0.416 e.